The number of carboxylic acid groups (broad SMARTS) is 1. The summed E-state index contributed by atoms with van der Waals surface area (Å²) in [6, 6.07) is 2.55. The lowest BCUT2D eigenvalue weighted by atomic mass is 10.1. The molecule has 0 bridgehead atoms. The molecule has 0 saturated heterocycles. The third-order valence-electron chi connectivity index (χ3n) is 3.77. The third-order valence-corrected chi connectivity index (χ3v) is 3.77. The van der Waals surface area contributed by atoms with E-state index in [2.05, 4.69) is 11.9 Å². The van der Waals surface area contributed by atoms with Gasteiger partial charge in [0.25, 0.3) is 0 Å². The Morgan fingerprint density at radius 3 is 2.59 bits per heavy atom. The van der Waals surface area contributed by atoms with Crippen molar-refractivity contribution >= 4 is 11.9 Å². The molecule has 0 aromatic heterocycles. The maximum absolute atomic E-state index is 13.7. The van der Waals surface area contributed by atoms with Crippen molar-refractivity contribution in [3.05, 3.63) is 48.1 Å². The van der Waals surface area contributed by atoms with E-state index in [1.165, 1.54) is 6.07 Å². The highest BCUT2D eigenvalue weighted by molar-refractivity contribution is 5.87. The molecule has 22 heavy (non-hydrogen) atoms. The Bertz CT molecular complexity index is 583. The maximum Gasteiger partial charge on any atom is 0.326 e. The molecule has 0 spiro atoms. The van der Waals surface area contributed by atoms with Crippen molar-refractivity contribution in [2.24, 2.45) is 5.92 Å². The van der Waals surface area contributed by atoms with Crippen LogP contribution in [-0.2, 0) is 9.59 Å². The van der Waals surface area contributed by atoms with Crippen molar-refractivity contribution in [2.45, 2.75) is 31.2 Å². The van der Waals surface area contributed by atoms with E-state index in [1.807, 2.05) is 0 Å². The van der Waals surface area contributed by atoms with Crippen LogP contribution in [0.4, 0.5) is 8.78 Å². The van der Waals surface area contributed by atoms with Crippen LogP contribution in [-0.4, -0.2) is 23.0 Å². The van der Waals surface area contributed by atoms with Gasteiger partial charge in [-0.3, -0.25) is 4.79 Å². The summed E-state index contributed by atoms with van der Waals surface area (Å²) in [7, 11) is 0. The molecule has 1 aliphatic carbocycles. The first-order valence-corrected chi connectivity index (χ1v) is 7.03. The van der Waals surface area contributed by atoms with Gasteiger partial charge >= 0.3 is 5.97 Å². The number of benzene rings is 1. The van der Waals surface area contributed by atoms with E-state index in [0.717, 1.165) is 12.1 Å². The zero-order valence-electron chi connectivity index (χ0n) is 11.9. The van der Waals surface area contributed by atoms with Gasteiger partial charge in [0.1, 0.15) is 17.7 Å². The average molecular weight is 309 g/mol. The predicted molar refractivity (Wildman–Crippen MR) is 76.2 cm³/mol. The fraction of sp³-hybridized carbons (Fsp3) is 0.375. The molecule has 1 aliphatic rings. The minimum atomic E-state index is -1.13. The fourth-order valence-corrected chi connectivity index (χ4v) is 2.49. The van der Waals surface area contributed by atoms with Crippen LogP contribution in [0.25, 0.3) is 0 Å². The fourth-order valence-electron chi connectivity index (χ4n) is 2.49. The molecule has 3 atom stereocenters. The number of carbonyl (C=O) groups is 2. The summed E-state index contributed by atoms with van der Waals surface area (Å²) in [5, 5.41) is 11.5. The Labute approximate surface area is 126 Å². The van der Waals surface area contributed by atoms with Crippen LogP contribution in [0, 0.1) is 17.6 Å². The number of carboxylic acids is 1. The molecular formula is C16H17F2NO3. The Kier molecular flexibility index (Phi) is 4.90. The summed E-state index contributed by atoms with van der Waals surface area (Å²) >= 11 is 0. The quantitative estimate of drug-likeness (QED) is 0.761. The van der Waals surface area contributed by atoms with Gasteiger partial charge in [-0.05, 0) is 31.4 Å². The lowest BCUT2D eigenvalue weighted by Crippen LogP contribution is -2.41. The Balaban J connectivity index is 2.01. The molecule has 2 N–H and O–H groups in total. The van der Waals surface area contributed by atoms with Gasteiger partial charge in [-0.2, -0.15) is 0 Å². The van der Waals surface area contributed by atoms with E-state index in [-0.39, 0.29) is 12.0 Å². The predicted octanol–water partition coefficient (Wildman–Crippen LogP) is 2.60. The summed E-state index contributed by atoms with van der Waals surface area (Å²) in [5.74, 6) is -4.09. The lowest BCUT2D eigenvalue weighted by Gasteiger charge is -2.13. The van der Waals surface area contributed by atoms with Crippen LogP contribution in [0.1, 0.15) is 30.7 Å². The second-order valence-electron chi connectivity index (χ2n) is 5.35. The SMILES string of the molecule is C=CCCC(NC(=O)C1CC1c1c(F)cccc1F)C(=O)O. The molecule has 0 heterocycles. The molecular weight excluding hydrogens is 292 g/mol. The molecule has 1 aromatic rings. The van der Waals surface area contributed by atoms with E-state index in [0.29, 0.717) is 12.8 Å². The van der Waals surface area contributed by atoms with E-state index in [4.69, 9.17) is 5.11 Å². The molecule has 3 unspecified atom stereocenters. The average Bonchev–Trinajstić information content (AvgIpc) is 3.23. The molecule has 1 aromatic carbocycles. The van der Waals surface area contributed by atoms with Gasteiger partial charge in [0.15, 0.2) is 0 Å². The number of amides is 1. The minimum Gasteiger partial charge on any atom is -0.480 e. The highest BCUT2D eigenvalue weighted by atomic mass is 19.1. The maximum atomic E-state index is 13.7. The molecule has 2 rings (SSSR count). The van der Waals surface area contributed by atoms with Crippen LogP contribution in [0.3, 0.4) is 0 Å². The lowest BCUT2D eigenvalue weighted by molar-refractivity contribution is -0.142. The molecule has 0 aliphatic heterocycles. The first kappa shape index (κ1) is 16.1. The summed E-state index contributed by atoms with van der Waals surface area (Å²) in [6.07, 6.45) is 2.57. The third kappa shape index (κ3) is 3.50. The van der Waals surface area contributed by atoms with Gasteiger partial charge in [-0.15, -0.1) is 6.58 Å². The highest BCUT2D eigenvalue weighted by Crippen LogP contribution is 2.49. The number of carbonyl (C=O) groups excluding carboxylic acids is 1. The van der Waals surface area contributed by atoms with Crippen LogP contribution in [0.15, 0.2) is 30.9 Å². The summed E-state index contributed by atoms with van der Waals surface area (Å²) in [6.45, 7) is 3.50. The van der Waals surface area contributed by atoms with Crippen LogP contribution in [0.5, 0.6) is 0 Å². The van der Waals surface area contributed by atoms with Crippen LogP contribution >= 0.6 is 0 Å². The smallest absolute Gasteiger partial charge is 0.326 e. The number of nitrogens with one attached hydrogen (secondary N) is 1. The molecule has 1 fully saturated rings. The van der Waals surface area contributed by atoms with E-state index in [1.54, 1.807) is 6.08 Å². The van der Waals surface area contributed by atoms with Crippen molar-refractivity contribution in [1.82, 2.24) is 5.32 Å². The van der Waals surface area contributed by atoms with Gasteiger partial charge in [0.2, 0.25) is 5.91 Å². The standard InChI is InChI=1S/C16H17F2NO3/c1-2-3-7-13(16(21)22)19-15(20)10-8-9(10)14-11(17)5-4-6-12(14)18/h2,4-6,9-10,13H,1,3,7-8H2,(H,19,20)(H,21,22). The zero-order valence-corrected chi connectivity index (χ0v) is 11.9. The molecule has 6 heteroatoms. The Morgan fingerprint density at radius 2 is 2.05 bits per heavy atom. The first-order valence-electron chi connectivity index (χ1n) is 7.03. The number of rotatable bonds is 7. The number of halogens is 2. The van der Waals surface area contributed by atoms with Crippen molar-refractivity contribution in [3.63, 3.8) is 0 Å². The van der Waals surface area contributed by atoms with Crippen LogP contribution in [0.2, 0.25) is 0 Å². The number of hydrogen-bond donors (Lipinski definition) is 2. The topological polar surface area (TPSA) is 66.4 Å². The summed E-state index contributed by atoms with van der Waals surface area (Å²) in [5.41, 5.74) is -0.0967. The van der Waals surface area contributed by atoms with Gasteiger partial charge in [-0.1, -0.05) is 12.1 Å². The monoisotopic (exact) mass is 309 g/mol. The summed E-state index contributed by atoms with van der Waals surface area (Å²) in [4.78, 5) is 23.1. The van der Waals surface area contributed by atoms with E-state index in [9.17, 15) is 18.4 Å². The zero-order chi connectivity index (χ0) is 16.3. The largest absolute Gasteiger partial charge is 0.480 e. The number of hydrogen-bond acceptors (Lipinski definition) is 2. The van der Waals surface area contributed by atoms with Gasteiger partial charge in [0, 0.05) is 17.4 Å². The normalized spacial score (nSPS) is 21.0. The highest BCUT2D eigenvalue weighted by Gasteiger charge is 2.47. The Hall–Kier alpha value is -2.24. The molecule has 4 nitrogen and oxygen atoms in total. The van der Waals surface area contributed by atoms with Gasteiger partial charge in [-0.25, -0.2) is 13.6 Å². The van der Waals surface area contributed by atoms with Crippen molar-refractivity contribution in [1.29, 1.82) is 0 Å². The van der Waals surface area contributed by atoms with Crippen LogP contribution < -0.4 is 5.32 Å². The van der Waals surface area contributed by atoms with Gasteiger partial charge in [0.05, 0.1) is 0 Å². The van der Waals surface area contributed by atoms with E-state index >= 15 is 0 Å². The van der Waals surface area contributed by atoms with Crippen molar-refractivity contribution < 1.29 is 23.5 Å². The van der Waals surface area contributed by atoms with Crippen molar-refractivity contribution in [2.75, 3.05) is 0 Å². The van der Waals surface area contributed by atoms with E-state index < -0.39 is 41.4 Å². The number of allylic oxidation sites excluding steroid dienone is 1. The first-order chi connectivity index (χ1) is 10.5. The van der Waals surface area contributed by atoms with Gasteiger partial charge < -0.3 is 10.4 Å². The second-order valence-corrected chi connectivity index (χ2v) is 5.35. The molecule has 118 valence electrons. The molecule has 1 saturated carbocycles. The number of aliphatic carboxylic acids is 1. The van der Waals surface area contributed by atoms with Crippen molar-refractivity contribution in [3.8, 4) is 0 Å². The summed E-state index contributed by atoms with van der Waals surface area (Å²) < 4.78 is 27.3. The Morgan fingerprint density at radius 1 is 1.41 bits per heavy atom. The second kappa shape index (κ2) is 6.68. The minimum absolute atomic E-state index is 0.0967. The molecule has 0 radical (unpaired) electrons. The molecule has 1 amide bonds.